The molecule has 4 rings (SSSR count). The summed E-state index contributed by atoms with van der Waals surface area (Å²) in [5.74, 6) is 2.05. The number of ether oxygens (including phenoxy) is 1. The number of nitrogens with zero attached hydrogens (tertiary/aromatic N) is 2. The second-order valence-electron chi connectivity index (χ2n) is 7.49. The van der Waals surface area contributed by atoms with E-state index in [0.29, 0.717) is 41.1 Å². The molecule has 0 aliphatic carbocycles. The zero-order valence-electron chi connectivity index (χ0n) is 17.3. The number of hydrogen-bond acceptors (Lipinski definition) is 4. The number of aromatic nitrogens is 1. The highest BCUT2D eigenvalue weighted by Crippen LogP contribution is 2.34. The summed E-state index contributed by atoms with van der Waals surface area (Å²) in [5.41, 5.74) is 1.87. The van der Waals surface area contributed by atoms with Crippen LogP contribution < -0.4 is 4.74 Å². The Morgan fingerprint density at radius 3 is 2.77 bits per heavy atom. The van der Waals surface area contributed by atoms with Gasteiger partial charge in [-0.15, -0.1) is 0 Å². The molecule has 2 heterocycles. The van der Waals surface area contributed by atoms with Crippen molar-refractivity contribution < 1.29 is 13.9 Å². The fourth-order valence-electron chi connectivity index (χ4n) is 3.96. The van der Waals surface area contributed by atoms with Crippen LogP contribution in [-0.2, 0) is 11.2 Å². The van der Waals surface area contributed by atoms with E-state index in [1.165, 1.54) is 0 Å². The Hall–Kier alpha value is -2.50. The van der Waals surface area contributed by atoms with E-state index in [0.717, 1.165) is 36.3 Å². The number of oxazole rings is 1. The lowest BCUT2D eigenvalue weighted by Crippen LogP contribution is -2.30. The molecular formula is C24H24Cl2N2O3. The summed E-state index contributed by atoms with van der Waals surface area (Å²) >= 11 is 12.2. The molecular weight excluding hydrogens is 435 g/mol. The first kappa shape index (κ1) is 21.7. The number of rotatable bonds is 7. The predicted molar refractivity (Wildman–Crippen MR) is 122 cm³/mol. The molecule has 1 amide bonds. The molecule has 0 radical (unpaired) electrons. The third-order valence-electron chi connectivity index (χ3n) is 5.45. The average molecular weight is 459 g/mol. The van der Waals surface area contributed by atoms with Crippen molar-refractivity contribution in [2.24, 2.45) is 0 Å². The summed E-state index contributed by atoms with van der Waals surface area (Å²) in [7, 11) is 0. The van der Waals surface area contributed by atoms with Gasteiger partial charge in [0.25, 0.3) is 0 Å². The molecule has 2 aromatic carbocycles. The fraction of sp³-hybridized carbons (Fsp3) is 0.333. The number of aryl methyl sites for hydroxylation is 1. The van der Waals surface area contributed by atoms with Crippen LogP contribution in [-0.4, -0.2) is 28.9 Å². The van der Waals surface area contributed by atoms with Gasteiger partial charge >= 0.3 is 0 Å². The van der Waals surface area contributed by atoms with Crippen LogP contribution >= 0.6 is 23.2 Å². The van der Waals surface area contributed by atoms with Crippen molar-refractivity contribution in [1.29, 1.82) is 0 Å². The summed E-state index contributed by atoms with van der Waals surface area (Å²) < 4.78 is 11.3. The molecule has 1 aliphatic heterocycles. The van der Waals surface area contributed by atoms with Gasteiger partial charge in [0.2, 0.25) is 5.91 Å². The molecule has 0 N–H and O–H groups in total. The molecule has 1 aliphatic rings. The maximum Gasteiger partial charge on any atom is 0.223 e. The van der Waals surface area contributed by atoms with E-state index < -0.39 is 0 Å². The monoisotopic (exact) mass is 458 g/mol. The van der Waals surface area contributed by atoms with E-state index in [2.05, 4.69) is 17.1 Å². The SMILES string of the molecule is CCOc1ccc(C2CCCN2C(=O)CCc2ncc(-c3ccc(Cl)cc3Cl)o2)cc1. The van der Waals surface area contributed by atoms with Crippen LogP contribution in [0.3, 0.4) is 0 Å². The van der Waals surface area contributed by atoms with Crippen LogP contribution in [0, 0.1) is 0 Å². The summed E-state index contributed by atoms with van der Waals surface area (Å²) in [6, 6.07) is 13.4. The van der Waals surface area contributed by atoms with Crippen molar-refractivity contribution in [2.45, 2.75) is 38.6 Å². The first-order chi connectivity index (χ1) is 15.0. The van der Waals surface area contributed by atoms with Crippen LogP contribution in [0.25, 0.3) is 11.3 Å². The van der Waals surface area contributed by atoms with Crippen LogP contribution in [0.4, 0.5) is 0 Å². The molecule has 3 aromatic rings. The van der Waals surface area contributed by atoms with Gasteiger partial charge in [-0.2, -0.15) is 0 Å². The Kier molecular flexibility index (Phi) is 6.83. The van der Waals surface area contributed by atoms with E-state index in [9.17, 15) is 4.79 Å². The Balaban J connectivity index is 1.38. The molecule has 1 atom stereocenters. The topological polar surface area (TPSA) is 55.6 Å². The zero-order chi connectivity index (χ0) is 21.8. The first-order valence-corrected chi connectivity index (χ1v) is 11.2. The third kappa shape index (κ3) is 5.05. The molecule has 1 unspecified atom stereocenters. The standard InChI is InChI=1S/C24H24Cl2N2O3/c1-2-30-18-8-5-16(6-9-18)21-4-3-13-28(21)24(29)12-11-23-27-15-22(31-23)19-10-7-17(25)14-20(19)26/h5-10,14-15,21H,2-4,11-13H2,1H3. The van der Waals surface area contributed by atoms with Gasteiger partial charge in [0.15, 0.2) is 11.7 Å². The highest BCUT2D eigenvalue weighted by atomic mass is 35.5. The van der Waals surface area contributed by atoms with E-state index in [4.69, 9.17) is 32.4 Å². The van der Waals surface area contributed by atoms with Gasteiger partial charge < -0.3 is 14.1 Å². The molecule has 162 valence electrons. The first-order valence-electron chi connectivity index (χ1n) is 10.5. The Morgan fingerprint density at radius 2 is 2.03 bits per heavy atom. The van der Waals surface area contributed by atoms with E-state index >= 15 is 0 Å². The van der Waals surface area contributed by atoms with Crippen LogP contribution in [0.15, 0.2) is 53.1 Å². The van der Waals surface area contributed by atoms with Gasteiger partial charge in [-0.1, -0.05) is 35.3 Å². The summed E-state index contributed by atoms with van der Waals surface area (Å²) in [5, 5.41) is 1.06. The maximum absolute atomic E-state index is 12.9. The molecule has 0 saturated carbocycles. The van der Waals surface area contributed by atoms with E-state index in [1.807, 2.05) is 24.0 Å². The van der Waals surface area contributed by atoms with Gasteiger partial charge in [-0.25, -0.2) is 4.98 Å². The quantitative estimate of drug-likeness (QED) is 0.414. The average Bonchev–Trinajstić information content (AvgIpc) is 3.43. The fourth-order valence-corrected chi connectivity index (χ4v) is 4.46. The highest BCUT2D eigenvalue weighted by Gasteiger charge is 2.29. The molecule has 5 nitrogen and oxygen atoms in total. The number of likely N-dealkylation sites (tertiary alicyclic amines) is 1. The minimum absolute atomic E-state index is 0.108. The zero-order valence-corrected chi connectivity index (χ0v) is 18.8. The van der Waals surface area contributed by atoms with Gasteiger partial charge in [0, 0.05) is 30.0 Å². The minimum atomic E-state index is 0.108. The molecule has 1 saturated heterocycles. The Bertz CT molecular complexity index is 1050. The predicted octanol–water partition coefficient (Wildman–Crippen LogP) is 6.34. The normalized spacial score (nSPS) is 16.0. The second-order valence-corrected chi connectivity index (χ2v) is 8.33. The number of carbonyl (C=O) groups excluding carboxylic acids is 1. The molecule has 1 aromatic heterocycles. The summed E-state index contributed by atoms with van der Waals surface area (Å²) in [6.07, 6.45) is 4.39. The van der Waals surface area contributed by atoms with E-state index in [-0.39, 0.29) is 11.9 Å². The van der Waals surface area contributed by atoms with E-state index in [1.54, 1.807) is 24.4 Å². The van der Waals surface area contributed by atoms with Crippen molar-refractivity contribution in [2.75, 3.05) is 13.2 Å². The van der Waals surface area contributed by atoms with Gasteiger partial charge in [0.1, 0.15) is 5.75 Å². The van der Waals surface area contributed by atoms with Crippen molar-refractivity contribution in [3.63, 3.8) is 0 Å². The van der Waals surface area contributed by atoms with Crippen molar-refractivity contribution in [3.05, 3.63) is 70.2 Å². The van der Waals surface area contributed by atoms with Crippen molar-refractivity contribution >= 4 is 29.1 Å². The number of hydrogen-bond donors (Lipinski definition) is 0. The maximum atomic E-state index is 12.9. The minimum Gasteiger partial charge on any atom is -0.494 e. The molecule has 7 heteroatoms. The summed E-state index contributed by atoms with van der Waals surface area (Å²) in [6.45, 7) is 3.38. The lowest BCUT2D eigenvalue weighted by Gasteiger charge is -2.25. The van der Waals surface area contributed by atoms with Crippen LogP contribution in [0.2, 0.25) is 10.0 Å². The number of halogens is 2. The number of amides is 1. The molecule has 0 spiro atoms. The Labute approximate surface area is 191 Å². The lowest BCUT2D eigenvalue weighted by atomic mass is 10.0. The van der Waals surface area contributed by atoms with Crippen molar-refractivity contribution in [3.8, 4) is 17.1 Å². The van der Waals surface area contributed by atoms with Gasteiger partial charge in [-0.3, -0.25) is 4.79 Å². The second kappa shape index (κ2) is 9.75. The van der Waals surface area contributed by atoms with Crippen molar-refractivity contribution in [1.82, 2.24) is 9.88 Å². The molecule has 0 bridgehead atoms. The highest BCUT2D eigenvalue weighted by molar-refractivity contribution is 6.36. The van der Waals surface area contributed by atoms with Gasteiger partial charge in [-0.05, 0) is 55.7 Å². The van der Waals surface area contributed by atoms with Gasteiger partial charge in [0.05, 0.1) is 23.9 Å². The Morgan fingerprint density at radius 1 is 1.23 bits per heavy atom. The third-order valence-corrected chi connectivity index (χ3v) is 6.00. The molecule has 1 fully saturated rings. The largest absolute Gasteiger partial charge is 0.494 e. The summed E-state index contributed by atoms with van der Waals surface area (Å²) in [4.78, 5) is 19.2. The smallest absolute Gasteiger partial charge is 0.223 e. The number of carbonyl (C=O) groups is 1. The van der Waals surface area contributed by atoms with Crippen LogP contribution in [0.5, 0.6) is 5.75 Å². The lowest BCUT2D eigenvalue weighted by molar-refractivity contribution is -0.132. The number of benzene rings is 2. The molecule has 31 heavy (non-hydrogen) atoms. The van der Waals surface area contributed by atoms with Crippen LogP contribution in [0.1, 0.15) is 43.7 Å².